The van der Waals surface area contributed by atoms with Crippen molar-refractivity contribution >= 4 is 5.78 Å². The molecular formula is C12H18O3. The van der Waals surface area contributed by atoms with E-state index in [1.165, 1.54) is 0 Å². The van der Waals surface area contributed by atoms with Crippen LogP contribution in [0.2, 0.25) is 0 Å². The molecule has 0 aromatic carbocycles. The Balaban J connectivity index is 2.23. The average Bonchev–Trinajstić information content (AvgIpc) is 2.28. The Kier molecular flexibility index (Phi) is 2.47. The summed E-state index contributed by atoms with van der Waals surface area (Å²) in [4.78, 5) is 11.5. The third-order valence-electron chi connectivity index (χ3n) is 3.08. The molecule has 2 rings (SSSR count). The third-order valence-corrected chi connectivity index (χ3v) is 3.08. The molecule has 0 spiro atoms. The van der Waals surface area contributed by atoms with Gasteiger partial charge < -0.3 is 9.47 Å². The zero-order valence-electron chi connectivity index (χ0n) is 9.58. The van der Waals surface area contributed by atoms with Crippen LogP contribution in [0.15, 0.2) is 12.2 Å². The summed E-state index contributed by atoms with van der Waals surface area (Å²) in [6.45, 7) is 5.85. The number of ketones is 1. The zero-order valence-corrected chi connectivity index (χ0v) is 9.58. The molecule has 2 aliphatic rings. The summed E-state index contributed by atoms with van der Waals surface area (Å²) in [5.74, 6) is -0.434. The summed E-state index contributed by atoms with van der Waals surface area (Å²) in [7, 11) is 0. The minimum absolute atomic E-state index is 0.107. The number of carbonyl (C=O) groups excluding carboxylic acids is 1. The maximum absolute atomic E-state index is 11.5. The SMILES string of the molecule is CC1(C)O[C@H]2CC(=O)/C=C\CC[C@@]2(C)O1. The van der Waals surface area contributed by atoms with Crippen LogP contribution in [0.1, 0.15) is 40.0 Å². The predicted molar refractivity (Wildman–Crippen MR) is 56.4 cm³/mol. The smallest absolute Gasteiger partial charge is 0.164 e. The molecule has 0 bridgehead atoms. The first-order valence-electron chi connectivity index (χ1n) is 5.49. The first kappa shape index (κ1) is 10.8. The van der Waals surface area contributed by atoms with E-state index in [1.807, 2.05) is 26.8 Å². The van der Waals surface area contributed by atoms with Crippen molar-refractivity contribution in [1.82, 2.24) is 0 Å². The summed E-state index contributed by atoms with van der Waals surface area (Å²) in [6, 6.07) is 0. The monoisotopic (exact) mass is 210 g/mol. The van der Waals surface area contributed by atoms with Gasteiger partial charge in [0.1, 0.15) is 0 Å². The van der Waals surface area contributed by atoms with Gasteiger partial charge in [0.25, 0.3) is 0 Å². The van der Waals surface area contributed by atoms with Crippen molar-refractivity contribution in [2.45, 2.75) is 57.5 Å². The summed E-state index contributed by atoms with van der Waals surface area (Å²) in [6.07, 6.45) is 5.69. The van der Waals surface area contributed by atoms with Crippen LogP contribution in [0.3, 0.4) is 0 Å². The fourth-order valence-electron chi connectivity index (χ4n) is 2.42. The largest absolute Gasteiger partial charge is 0.344 e. The maximum Gasteiger partial charge on any atom is 0.164 e. The topological polar surface area (TPSA) is 35.5 Å². The van der Waals surface area contributed by atoms with E-state index in [0.29, 0.717) is 6.42 Å². The van der Waals surface area contributed by atoms with E-state index in [2.05, 4.69) is 0 Å². The van der Waals surface area contributed by atoms with E-state index in [9.17, 15) is 4.79 Å². The van der Waals surface area contributed by atoms with Crippen LogP contribution < -0.4 is 0 Å². The molecule has 1 heterocycles. The van der Waals surface area contributed by atoms with Crippen molar-refractivity contribution in [2.75, 3.05) is 0 Å². The molecule has 2 atom stereocenters. The van der Waals surface area contributed by atoms with Gasteiger partial charge in [0, 0.05) is 6.42 Å². The van der Waals surface area contributed by atoms with Gasteiger partial charge in [0.2, 0.25) is 0 Å². The number of hydrogen-bond acceptors (Lipinski definition) is 3. The van der Waals surface area contributed by atoms with Gasteiger partial charge in [-0.25, -0.2) is 0 Å². The van der Waals surface area contributed by atoms with E-state index in [0.717, 1.165) is 12.8 Å². The molecule has 15 heavy (non-hydrogen) atoms. The van der Waals surface area contributed by atoms with Gasteiger partial charge >= 0.3 is 0 Å². The van der Waals surface area contributed by atoms with Crippen LogP contribution >= 0.6 is 0 Å². The average molecular weight is 210 g/mol. The third kappa shape index (κ3) is 2.13. The Morgan fingerprint density at radius 2 is 2.13 bits per heavy atom. The fourth-order valence-corrected chi connectivity index (χ4v) is 2.42. The van der Waals surface area contributed by atoms with Gasteiger partial charge in [0.05, 0.1) is 11.7 Å². The Hall–Kier alpha value is -0.670. The lowest BCUT2D eigenvalue weighted by molar-refractivity contribution is -0.161. The normalized spacial score (nSPS) is 41.8. The van der Waals surface area contributed by atoms with Crippen molar-refractivity contribution in [1.29, 1.82) is 0 Å². The molecule has 1 aliphatic carbocycles. The van der Waals surface area contributed by atoms with Crippen LogP contribution in [-0.2, 0) is 14.3 Å². The second-order valence-corrected chi connectivity index (χ2v) is 5.03. The molecule has 1 fully saturated rings. The molecule has 3 nitrogen and oxygen atoms in total. The number of hydrogen-bond donors (Lipinski definition) is 0. The lowest BCUT2D eigenvalue weighted by Crippen LogP contribution is -2.38. The van der Waals surface area contributed by atoms with Crippen LogP contribution in [0, 0.1) is 0 Å². The summed E-state index contributed by atoms with van der Waals surface area (Å²) >= 11 is 0. The lowest BCUT2D eigenvalue weighted by atomic mass is 9.88. The minimum Gasteiger partial charge on any atom is -0.344 e. The summed E-state index contributed by atoms with van der Waals surface area (Å²) in [5, 5.41) is 0. The molecule has 0 amide bonds. The number of carbonyl (C=O) groups is 1. The number of allylic oxidation sites excluding steroid dienone is 2. The molecule has 0 radical (unpaired) electrons. The molecule has 0 unspecified atom stereocenters. The molecule has 0 aromatic heterocycles. The molecule has 1 aliphatic heterocycles. The molecular weight excluding hydrogens is 192 g/mol. The van der Waals surface area contributed by atoms with Gasteiger partial charge in [-0.15, -0.1) is 0 Å². The molecule has 1 saturated heterocycles. The summed E-state index contributed by atoms with van der Waals surface area (Å²) in [5.41, 5.74) is -0.316. The molecule has 3 heteroatoms. The van der Waals surface area contributed by atoms with Gasteiger partial charge in [-0.3, -0.25) is 4.79 Å². The fraction of sp³-hybridized carbons (Fsp3) is 0.750. The molecule has 0 saturated carbocycles. The second-order valence-electron chi connectivity index (χ2n) is 5.03. The quantitative estimate of drug-likeness (QED) is 0.615. The first-order chi connectivity index (χ1) is 6.91. The molecule has 84 valence electrons. The van der Waals surface area contributed by atoms with Crippen molar-refractivity contribution < 1.29 is 14.3 Å². The van der Waals surface area contributed by atoms with Gasteiger partial charge in [0.15, 0.2) is 11.6 Å². The highest BCUT2D eigenvalue weighted by molar-refractivity contribution is 5.90. The van der Waals surface area contributed by atoms with Crippen molar-refractivity contribution in [3.05, 3.63) is 12.2 Å². The maximum atomic E-state index is 11.5. The van der Waals surface area contributed by atoms with E-state index in [4.69, 9.17) is 9.47 Å². The van der Waals surface area contributed by atoms with E-state index in [1.54, 1.807) is 6.08 Å². The van der Waals surface area contributed by atoms with Crippen molar-refractivity contribution in [2.24, 2.45) is 0 Å². The molecule has 0 N–H and O–H groups in total. The van der Waals surface area contributed by atoms with Gasteiger partial charge in [-0.2, -0.15) is 0 Å². The van der Waals surface area contributed by atoms with Crippen molar-refractivity contribution in [3.8, 4) is 0 Å². The second kappa shape index (κ2) is 3.42. The lowest BCUT2D eigenvalue weighted by Gasteiger charge is -2.29. The standard InChI is InChI=1S/C12H18O3/c1-11(2)14-10-8-9(13)6-4-5-7-12(10,3)15-11/h4,6,10H,5,7-8H2,1-3H3/b6-4-/t10-,12+/m0/s1. The number of fused-ring (bicyclic) bond motifs is 1. The number of ether oxygens (including phenoxy) is 2. The highest BCUT2D eigenvalue weighted by Crippen LogP contribution is 2.41. The summed E-state index contributed by atoms with van der Waals surface area (Å²) < 4.78 is 11.7. The van der Waals surface area contributed by atoms with E-state index >= 15 is 0 Å². The van der Waals surface area contributed by atoms with Crippen molar-refractivity contribution in [3.63, 3.8) is 0 Å². The van der Waals surface area contributed by atoms with E-state index in [-0.39, 0.29) is 17.5 Å². The highest BCUT2D eigenvalue weighted by Gasteiger charge is 2.50. The van der Waals surface area contributed by atoms with Crippen LogP contribution in [0.5, 0.6) is 0 Å². The Labute approximate surface area is 90.4 Å². The Bertz CT molecular complexity index is 306. The van der Waals surface area contributed by atoms with Crippen LogP contribution in [0.4, 0.5) is 0 Å². The number of rotatable bonds is 0. The first-order valence-corrected chi connectivity index (χ1v) is 5.49. The minimum atomic E-state index is -0.565. The zero-order chi connectivity index (χ0) is 11.1. The van der Waals surface area contributed by atoms with Gasteiger partial charge in [-0.05, 0) is 39.7 Å². The van der Waals surface area contributed by atoms with E-state index < -0.39 is 5.79 Å². The Morgan fingerprint density at radius 3 is 2.87 bits per heavy atom. The van der Waals surface area contributed by atoms with Gasteiger partial charge in [-0.1, -0.05) is 6.08 Å². The van der Waals surface area contributed by atoms with Crippen LogP contribution in [0.25, 0.3) is 0 Å². The highest BCUT2D eigenvalue weighted by atomic mass is 16.8. The molecule has 0 aromatic rings. The van der Waals surface area contributed by atoms with Crippen LogP contribution in [-0.4, -0.2) is 23.3 Å². The Morgan fingerprint density at radius 1 is 1.40 bits per heavy atom. The predicted octanol–water partition coefficient (Wildman–Crippen LogP) is 2.21.